The molecule has 2 atom stereocenters. The van der Waals surface area contributed by atoms with Gasteiger partial charge >= 0.3 is 6.09 Å². The third kappa shape index (κ3) is 8.24. The lowest BCUT2D eigenvalue weighted by Crippen LogP contribution is -2.53. The topological polar surface area (TPSA) is 120 Å². The summed E-state index contributed by atoms with van der Waals surface area (Å²) in [6.45, 7) is 10.8. The average Bonchev–Trinajstić information content (AvgIpc) is 2.56. The molecule has 1 aromatic rings. The van der Waals surface area contributed by atoms with Gasteiger partial charge in [-0.2, -0.15) is 0 Å². The van der Waals surface area contributed by atoms with Crippen molar-refractivity contribution in [2.45, 2.75) is 59.2 Å². The zero-order valence-corrected chi connectivity index (χ0v) is 17.1. The summed E-state index contributed by atoms with van der Waals surface area (Å²) in [7, 11) is 0. The van der Waals surface area contributed by atoms with Gasteiger partial charge in [0.1, 0.15) is 24.0 Å². The number of nitro groups is 1. The molecule has 0 spiro atoms. The van der Waals surface area contributed by atoms with E-state index >= 15 is 0 Å². The fourth-order valence-electron chi connectivity index (χ4n) is 2.23. The van der Waals surface area contributed by atoms with E-state index in [9.17, 15) is 19.7 Å². The first-order valence-electron chi connectivity index (χ1n) is 9.06. The summed E-state index contributed by atoms with van der Waals surface area (Å²) in [6, 6.07) is 4.58. The molecule has 0 aliphatic carbocycles. The number of nitrogens with zero attached hydrogens (tertiary/aromatic N) is 1. The van der Waals surface area contributed by atoms with Crippen LogP contribution < -0.4 is 15.4 Å². The van der Waals surface area contributed by atoms with Crippen LogP contribution >= 0.6 is 0 Å². The zero-order valence-electron chi connectivity index (χ0n) is 17.1. The summed E-state index contributed by atoms with van der Waals surface area (Å²) >= 11 is 0. The second kappa shape index (κ2) is 9.91. The Hall–Kier alpha value is -2.84. The van der Waals surface area contributed by atoms with Gasteiger partial charge in [0.15, 0.2) is 0 Å². The minimum atomic E-state index is -0.753. The maximum absolute atomic E-state index is 12.5. The van der Waals surface area contributed by atoms with E-state index in [1.165, 1.54) is 24.3 Å². The summed E-state index contributed by atoms with van der Waals surface area (Å²) in [4.78, 5) is 34.6. The lowest BCUT2D eigenvalue weighted by Gasteiger charge is -2.26. The Bertz CT molecular complexity index is 682. The van der Waals surface area contributed by atoms with E-state index in [1.807, 2.05) is 13.8 Å². The fourth-order valence-corrected chi connectivity index (χ4v) is 2.23. The minimum absolute atomic E-state index is 0.0262. The first kappa shape index (κ1) is 23.2. The lowest BCUT2D eigenvalue weighted by molar-refractivity contribution is -0.384. The van der Waals surface area contributed by atoms with Crippen molar-refractivity contribution in [3.63, 3.8) is 0 Å². The number of carbonyl (C=O) groups excluding carboxylic acids is 2. The van der Waals surface area contributed by atoms with E-state index in [0.717, 1.165) is 0 Å². The normalized spacial score (nSPS) is 13.4. The van der Waals surface area contributed by atoms with Crippen LogP contribution in [0.5, 0.6) is 5.75 Å². The molecule has 1 unspecified atom stereocenters. The van der Waals surface area contributed by atoms with Gasteiger partial charge in [0, 0.05) is 12.1 Å². The number of non-ortho nitro benzene ring substituents is 1. The van der Waals surface area contributed by atoms with E-state index in [0.29, 0.717) is 5.75 Å². The third-order valence-electron chi connectivity index (χ3n) is 3.56. The van der Waals surface area contributed by atoms with E-state index < -0.39 is 22.7 Å². The van der Waals surface area contributed by atoms with E-state index in [1.54, 1.807) is 27.7 Å². The maximum Gasteiger partial charge on any atom is 0.408 e. The molecule has 9 nitrogen and oxygen atoms in total. The summed E-state index contributed by atoms with van der Waals surface area (Å²) in [5.41, 5.74) is -0.685. The molecule has 2 N–H and O–H groups in total. The van der Waals surface area contributed by atoms with Crippen molar-refractivity contribution in [1.82, 2.24) is 10.6 Å². The molecule has 0 heterocycles. The Labute approximate surface area is 164 Å². The molecule has 2 amide bonds. The number of hydrogen-bond acceptors (Lipinski definition) is 6. The maximum atomic E-state index is 12.5. The SMILES string of the molecule is CC(COc1ccc([N+](=O)[O-])cc1)NC(=O)[C@@H](NC(=O)OC(C)(C)C)C(C)C. The Balaban J connectivity index is 2.57. The molecule has 156 valence electrons. The highest BCUT2D eigenvalue weighted by Crippen LogP contribution is 2.17. The van der Waals surface area contributed by atoms with Crippen LogP contribution in [0.15, 0.2) is 24.3 Å². The second-order valence-corrected chi connectivity index (χ2v) is 7.84. The first-order valence-corrected chi connectivity index (χ1v) is 9.06. The molecule has 0 aliphatic rings. The standard InChI is InChI=1S/C19H29N3O6/c1-12(2)16(21-18(24)28-19(4,5)6)17(23)20-13(3)11-27-15-9-7-14(8-10-15)22(25)26/h7-10,12-13,16H,11H2,1-6H3,(H,20,23)(H,21,24)/t13?,16-/m0/s1. The number of amides is 2. The highest BCUT2D eigenvalue weighted by atomic mass is 16.6. The number of benzene rings is 1. The van der Waals surface area contributed by atoms with Gasteiger partial charge < -0.3 is 20.1 Å². The molecule has 0 bridgehead atoms. The van der Waals surface area contributed by atoms with E-state index in [2.05, 4.69) is 10.6 Å². The van der Waals surface area contributed by atoms with Gasteiger partial charge in [0.2, 0.25) is 5.91 Å². The largest absolute Gasteiger partial charge is 0.491 e. The van der Waals surface area contributed by atoms with Crippen LogP contribution in [0, 0.1) is 16.0 Å². The summed E-state index contributed by atoms with van der Waals surface area (Å²) in [5, 5.41) is 16.0. The van der Waals surface area contributed by atoms with Gasteiger partial charge in [0.25, 0.3) is 5.69 Å². The molecular weight excluding hydrogens is 366 g/mol. The zero-order chi connectivity index (χ0) is 21.5. The van der Waals surface area contributed by atoms with Crippen molar-refractivity contribution in [2.24, 2.45) is 5.92 Å². The molecule has 1 aromatic carbocycles. The molecule has 0 saturated heterocycles. The summed E-state index contributed by atoms with van der Waals surface area (Å²) < 4.78 is 10.7. The average molecular weight is 395 g/mol. The van der Waals surface area contributed by atoms with Crippen molar-refractivity contribution in [1.29, 1.82) is 0 Å². The van der Waals surface area contributed by atoms with Gasteiger partial charge in [-0.3, -0.25) is 14.9 Å². The lowest BCUT2D eigenvalue weighted by atomic mass is 10.0. The van der Waals surface area contributed by atoms with Crippen LogP contribution in [0.4, 0.5) is 10.5 Å². The van der Waals surface area contributed by atoms with Gasteiger partial charge in [0.05, 0.1) is 11.0 Å². The minimum Gasteiger partial charge on any atom is -0.491 e. The predicted octanol–water partition coefficient (Wildman–Crippen LogP) is 3.03. The number of carbonyl (C=O) groups is 2. The highest BCUT2D eigenvalue weighted by molar-refractivity contribution is 5.86. The summed E-state index contributed by atoms with van der Waals surface area (Å²) in [6.07, 6.45) is -0.656. The van der Waals surface area contributed by atoms with Crippen molar-refractivity contribution >= 4 is 17.7 Å². The van der Waals surface area contributed by atoms with E-state index in [-0.39, 0.29) is 30.2 Å². The molecule has 28 heavy (non-hydrogen) atoms. The number of ether oxygens (including phenoxy) is 2. The van der Waals surface area contributed by atoms with Crippen LogP contribution in [0.2, 0.25) is 0 Å². The number of rotatable bonds is 8. The van der Waals surface area contributed by atoms with Crippen molar-refractivity contribution in [3.05, 3.63) is 34.4 Å². The first-order chi connectivity index (χ1) is 12.9. The van der Waals surface area contributed by atoms with Crippen LogP contribution in [0.1, 0.15) is 41.5 Å². The van der Waals surface area contributed by atoms with Gasteiger partial charge in [-0.05, 0) is 45.7 Å². The fraction of sp³-hybridized carbons (Fsp3) is 0.579. The molecule has 0 saturated carbocycles. The second-order valence-electron chi connectivity index (χ2n) is 7.84. The van der Waals surface area contributed by atoms with Crippen molar-refractivity contribution < 1.29 is 24.0 Å². The molecule has 0 aromatic heterocycles. The van der Waals surface area contributed by atoms with Crippen molar-refractivity contribution in [3.8, 4) is 5.75 Å². The molecule has 0 radical (unpaired) electrons. The number of alkyl carbamates (subject to hydrolysis) is 1. The Morgan fingerprint density at radius 2 is 1.68 bits per heavy atom. The highest BCUT2D eigenvalue weighted by Gasteiger charge is 2.27. The quantitative estimate of drug-likeness (QED) is 0.516. The third-order valence-corrected chi connectivity index (χ3v) is 3.56. The van der Waals surface area contributed by atoms with Crippen LogP contribution in [0.3, 0.4) is 0 Å². The Morgan fingerprint density at radius 1 is 1.11 bits per heavy atom. The Morgan fingerprint density at radius 3 is 2.14 bits per heavy atom. The van der Waals surface area contributed by atoms with Gasteiger partial charge in [-0.25, -0.2) is 4.79 Å². The van der Waals surface area contributed by atoms with Crippen LogP contribution in [-0.4, -0.2) is 41.2 Å². The van der Waals surface area contributed by atoms with Crippen LogP contribution in [0.25, 0.3) is 0 Å². The van der Waals surface area contributed by atoms with Crippen LogP contribution in [-0.2, 0) is 9.53 Å². The van der Waals surface area contributed by atoms with Gasteiger partial charge in [-0.1, -0.05) is 13.8 Å². The number of hydrogen-bond donors (Lipinski definition) is 2. The smallest absolute Gasteiger partial charge is 0.408 e. The van der Waals surface area contributed by atoms with E-state index in [4.69, 9.17) is 9.47 Å². The van der Waals surface area contributed by atoms with Gasteiger partial charge in [-0.15, -0.1) is 0 Å². The Kier molecular flexibility index (Phi) is 8.21. The molecule has 9 heteroatoms. The molecule has 0 fully saturated rings. The predicted molar refractivity (Wildman–Crippen MR) is 104 cm³/mol. The summed E-state index contributed by atoms with van der Waals surface area (Å²) in [5.74, 6) is -0.0324. The van der Waals surface area contributed by atoms with Crippen molar-refractivity contribution in [2.75, 3.05) is 6.61 Å². The molecule has 1 rings (SSSR count). The number of nitro benzene ring substituents is 1. The monoisotopic (exact) mass is 395 g/mol. The molecular formula is C19H29N3O6. The number of nitrogens with one attached hydrogen (secondary N) is 2. The molecule has 0 aliphatic heterocycles.